The smallest absolute Gasteiger partial charge is 0.220 e. The second-order valence-electron chi connectivity index (χ2n) is 7.19. The summed E-state index contributed by atoms with van der Waals surface area (Å²) < 4.78 is 10.8. The van der Waals surface area contributed by atoms with E-state index < -0.39 is 0 Å². The average Bonchev–Trinajstić information content (AvgIpc) is 3.38. The number of para-hydroxylation sites is 1. The van der Waals surface area contributed by atoms with Crippen LogP contribution in [-0.2, 0) is 16.0 Å². The van der Waals surface area contributed by atoms with Crippen molar-refractivity contribution < 1.29 is 14.3 Å². The molecule has 1 atom stereocenters. The molecule has 0 spiro atoms. The molecule has 0 bridgehead atoms. The number of ether oxygens (including phenoxy) is 2. The number of amides is 1. The molecule has 1 aliphatic rings. The van der Waals surface area contributed by atoms with Gasteiger partial charge in [0.05, 0.1) is 13.2 Å². The Hall–Kier alpha value is -2.79. The van der Waals surface area contributed by atoms with E-state index in [2.05, 4.69) is 22.4 Å². The lowest BCUT2D eigenvalue weighted by atomic mass is 10.0. The largest absolute Gasteiger partial charge is 0.497 e. The molecule has 3 aromatic rings. The van der Waals surface area contributed by atoms with Gasteiger partial charge in [-0.25, -0.2) is 0 Å². The zero-order valence-electron chi connectivity index (χ0n) is 16.2. The Labute approximate surface area is 165 Å². The molecule has 4 rings (SSSR count). The summed E-state index contributed by atoms with van der Waals surface area (Å²) in [5, 5.41) is 4.19. The van der Waals surface area contributed by atoms with Crippen LogP contribution in [0.25, 0.3) is 22.2 Å². The third-order valence-corrected chi connectivity index (χ3v) is 5.35. The minimum absolute atomic E-state index is 0.0708. The molecule has 28 heavy (non-hydrogen) atoms. The lowest BCUT2D eigenvalue weighted by Crippen LogP contribution is -2.31. The topological polar surface area (TPSA) is 63.4 Å². The Balaban J connectivity index is 1.52. The van der Waals surface area contributed by atoms with Crippen molar-refractivity contribution in [1.82, 2.24) is 10.3 Å². The summed E-state index contributed by atoms with van der Waals surface area (Å²) in [6.07, 6.45) is 3.43. The molecule has 0 unspecified atom stereocenters. The Morgan fingerprint density at radius 3 is 2.79 bits per heavy atom. The Bertz CT molecular complexity index is 940. The second kappa shape index (κ2) is 8.48. The molecular formula is C23H26N2O3. The summed E-state index contributed by atoms with van der Waals surface area (Å²) in [5.74, 6) is 0.899. The number of methoxy groups -OCH3 is 1. The van der Waals surface area contributed by atoms with Crippen LogP contribution in [0.15, 0.2) is 48.5 Å². The average molecular weight is 378 g/mol. The molecule has 2 N–H and O–H groups in total. The fourth-order valence-corrected chi connectivity index (χ4v) is 3.82. The van der Waals surface area contributed by atoms with E-state index in [0.29, 0.717) is 19.4 Å². The predicted octanol–water partition coefficient (Wildman–Crippen LogP) is 4.07. The summed E-state index contributed by atoms with van der Waals surface area (Å²) in [7, 11) is 1.67. The van der Waals surface area contributed by atoms with Crippen molar-refractivity contribution in [3.8, 4) is 17.0 Å². The van der Waals surface area contributed by atoms with E-state index in [4.69, 9.17) is 9.47 Å². The van der Waals surface area contributed by atoms with Gasteiger partial charge in [0.25, 0.3) is 0 Å². The lowest BCUT2D eigenvalue weighted by Gasteiger charge is -2.11. The van der Waals surface area contributed by atoms with Crippen LogP contribution in [0.4, 0.5) is 0 Å². The number of carbonyl (C=O) groups excluding carboxylic acids is 1. The molecule has 0 saturated carbocycles. The molecule has 0 radical (unpaired) electrons. The molecular weight excluding hydrogens is 352 g/mol. The number of rotatable bonds is 7. The highest BCUT2D eigenvalue weighted by atomic mass is 16.5. The fourth-order valence-electron chi connectivity index (χ4n) is 3.82. The Kier molecular flexibility index (Phi) is 5.63. The first-order chi connectivity index (χ1) is 13.7. The zero-order valence-corrected chi connectivity index (χ0v) is 16.2. The highest BCUT2D eigenvalue weighted by molar-refractivity contribution is 5.91. The number of benzene rings is 2. The summed E-state index contributed by atoms with van der Waals surface area (Å²) in [4.78, 5) is 15.9. The van der Waals surface area contributed by atoms with Crippen LogP contribution < -0.4 is 10.1 Å². The maximum absolute atomic E-state index is 12.4. The molecule has 146 valence electrons. The van der Waals surface area contributed by atoms with Gasteiger partial charge in [-0.15, -0.1) is 0 Å². The first-order valence-electron chi connectivity index (χ1n) is 9.87. The number of nitrogens with one attached hydrogen (secondary N) is 2. The molecule has 1 aliphatic heterocycles. The van der Waals surface area contributed by atoms with Gasteiger partial charge < -0.3 is 19.8 Å². The molecule has 5 nitrogen and oxygen atoms in total. The molecule has 1 fully saturated rings. The van der Waals surface area contributed by atoms with E-state index in [0.717, 1.165) is 42.0 Å². The van der Waals surface area contributed by atoms with Crippen LogP contribution in [-0.4, -0.2) is 37.3 Å². The van der Waals surface area contributed by atoms with E-state index in [1.807, 2.05) is 36.4 Å². The number of hydrogen-bond acceptors (Lipinski definition) is 3. The SMILES string of the molecule is COc1ccc(-c2[nH]c3ccccc3c2CCC(=O)NC[C@H]2CCCO2)cc1. The predicted molar refractivity (Wildman–Crippen MR) is 111 cm³/mol. The molecule has 2 heterocycles. The van der Waals surface area contributed by atoms with Crippen LogP contribution >= 0.6 is 0 Å². The Morgan fingerprint density at radius 2 is 2.04 bits per heavy atom. The summed E-state index contributed by atoms with van der Waals surface area (Å²) in [5.41, 5.74) is 4.42. The summed E-state index contributed by atoms with van der Waals surface area (Å²) in [6.45, 7) is 1.42. The van der Waals surface area contributed by atoms with Gasteiger partial charge in [-0.05, 0) is 60.7 Å². The number of carbonyl (C=O) groups is 1. The van der Waals surface area contributed by atoms with Crippen molar-refractivity contribution in [2.45, 2.75) is 31.8 Å². The van der Waals surface area contributed by atoms with Gasteiger partial charge in [-0.2, -0.15) is 0 Å². The molecule has 5 heteroatoms. The van der Waals surface area contributed by atoms with E-state index in [1.54, 1.807) is 7.11 Å². The number of H-pyrrole nitrogens is 1. The monoisotopic (exact) mass is 378 g/mol. The highest BCUT2D eigenvalue weighted by Gasteiger charge is 2.17. The van der Waals surface area contributed by atoms with Crippen molar-refractivity contribution in [2.24, 2.45) is 0 Å². The maximum atomic E-state index is 12.4. The minimum atomic E-state index is 0.0708. The fraction of sp³-hybridized carbons (Fsp3) is 0.348. The van der Waals surface area contributed by atoms with Gasteiger partial charge in [-0.3, -0.25) is 4.79 Å². The first kappa shape index (κ1) is 18.6. The van der Waals surface area contributed by atoms with Crippen LogP contribution in [0.1, 0.15) is 24.8 Å². The van der Waals surface area contributed by atoms with E-state index in [-0.39, 0.29) is 12.0 Å². The van der Waals surface area contributed by atoms with Gasteiger partial charge >= 0.3 is 0 Å². The molecule has 0 aliphatic carbocycles. The number of hydrogen-bond donors (Lipinski definition) is 2. The quantitative estimate of drug-likeness (QED) is 0.651. The standard InChI is InChI=1S/C23H26N2O3/c1-27-17-10-8-16(9-11-17)23-20(19-6-2-3-7-21(19)25-23)12-13-22(26)24-15-18-5-4-14-28-18/h2-3,6-11,18,25H,4-5,12-15H2,1H3,(H,24,26)/t18-/m1/s1. The number of aromatic amines is 1. The van der Waals surface area contributed by atoms with Crippen molar-refractivity contribution in [2.75, 3.05) is 20.3 Å². The Morgan fingerprint density at radius 1 is 1.21 bits per heavy atom. The van der Waals surface area contributed by atoms with Gasteiger partial charge in [0.15, 0.2) is 0 Å². The van der Waals surface area contributed by atoms with Crippen LogP contribution in [0.5, 0.6) is 5.75 Å². The van der Waals surface area contributed by atoms with Crippen molar-refractivity contribution in [1.29, 1.82) is 0 Å². The number of fused-ring (bicyclic) bond motifs is 1. The van der Waals surface area contributed by atoms with Gasteiger partial charge in [0, 0.05) is 36.2 Å². The zero-order chi connectivity index (χ0) is 19.3. The lowest BCUT2D eigenvalue weighted by molar-refractivity contribution is -0.121. The van der Waals surface area contributed by atoms with E-state index >= 15 is 0 Å². The van der Waals surface area contributed by atoms with Crippen molar-refractivity contribution in [3.05, 3.63) is 54.1 Å². The second-order valence-corrected chi connectivity index (χ2v) is 7.19. The molecule has 2 aromatic carbocycles. The minimum Gasteiger partial charge on any atom is -0.497 e. The normalized spacial score (nSPS) is 16.4. The van der Waals surface area contributed by atoms with Crippen LogP contribution in [0.2, 0.25) is 0 Å². The molecule has 1 amide bonds. The van der Waals surface area contributed by atoms with Gasteiger partial charge in [0.2, 0.25) is 5.91 Å². The van der Waals surface area contributed by atoms with Crippen molar-refractivity contribution in [3.63, 3.8) is 0 Å². The van der Waals surface area contributed by atoms with Crippen LogP contribution in [0.3, 0.4) is 0 Å². The number of aryl methyl sites for hydroxylation is 1. The third-order valence-electron chi connectivity index (χ3n) is 5.35. The third kappa shape index (κ3) is 4.04. The first-order valence-corrected chi connectivity index (χ1v) is 9.87. The van der Waals surface area contributed by atoms with E-state index in [9.17, 15) is 4.79 Å². The van der Waals surface area contributed by atoms with Crippen molar-refractivity contribution >= 4 is 16.8 Å². The molecule has 1 saturated heterocycles. The van der Waals surface area contributed by atoms with E-state index in [1.165, 1.54) is 10.9 Å². The van der Waals surface area contributed by atoms with Gasteiger partial charge in [0.1, 0.15) is 5.75 Å². The summed E-state index contributed by atoms with van der Waals surface area (Å²) >= 11 is 0. The number of aromatic nitrogens is 1. The maximum Gasteiger partial charge on any atom is 0.220 e. The summed E-state index contributed by atoms with van der Waals surface area (Å²) in [6, 6.07) is 16.2. The highest BCUT2D eigenvalue weighted by Crippen LogP contribution is 2.32. The van der Waals surface area contributed by atoms with Crippen LogP contribution in [0, 0.1) is 0 Å². The molecule has 1 aromatic heterocycles. The van der Waals surface area contributed by atoms with Gasteiger partial charge in [-0.1, -0.05) is 18.2 Å².